The van der Waals surface area contributed by atoms with Gasteiger partial charge in [-0.15, -0.1) is 11.8 Å². The van der Waals surface area contributed by atoms with Crippen LogP contribution in [0.5, 0.6) is 11.5 Å². The van der Waals surface area contributed by atoms with Gasteiger partial charge in [0.05, 0.1) is 49.4 Å². The smallest absolute Gasteiger partial charge is 0.240 e. The van der Waals surface area contributed by atoms with Crippen molar-refractivity contribution in [3.63, 3.8) is 0 Å². The molecule has 0 fully saturated rings. The lowest BCUT2D eigenvalue weighted by Crippen LogP contribution is -2.42. The maximum absolute atomic E-state index is 14.0. The van der Waals surface area contributed by atoms with E-state index in [1.807, 2.05) is 79.7 Å². The lowest BCUT2D eigenvalue weighted by molar-refractivity contribution is -0.123. The van der Waals surface area contributed by atoms with Gasteiger partial charge < -0.3 is 19.2 Å². The number of aryl methyl sites for hydroxylation is 1. The molecule has 0 bridgehead atoms. The Morgan fingerprint density at radius 3 is 2.59 bits per heavy atom. The molecule has 0 aliphatic carbocycles. The standard InChI is InChI=1S/C34H32N4O5S/c1-22-9-7-12-24(17-22)38-34-31(32(36-38)23-10-5-4-6-11-23)33(27-18-25(41-2)14-15-28(27)42-3)44-21-30(40)37(34)20-29(39)35-19-26-13-8-16-43-26/h4-18,33H,19-21H2,1-3H3,(H,35,39)/t33-/m1/s1. The number of fused-ring (bicyclic) bond motifs is 1. The van der Waals surface area contributed by atoms with Gasteiger partial charge in [-0.1, -0.05) is 42.5 Å². The summed E-state index contributed by atoms with van der Waals surface area (Å²) in [6.45, 7) is 2.03. The molecule has 6 rings (SSSR count). The fourth-order valence-corrected chi connectivity index (χ4v) is 6.57. The van der Waals surface area contributed by atoms with Gasteiger partial charge in [-0.3, -0.25) is 14.5 Å². The molecule has 2 amide bonds. The molecule has 0 radical (unpaired) electrons. The molecule has 5 aromatic rings. The normalized spacial score (nSPS) is 14.6. The van der Waals surface area contributed by atoms with E-state index in [-0.39, 0.29) is 35.9 Å². The summed E-state index contributed by atoms with van der Waals surface area (Å²) in [5.74, 6) is 2.09. The molecule has 0 saturated heterocycles. The van der Waals surface area contributed by atoms with Crippen LogP contribution in [-0.2, 0) is 16.1 Å². The second kappa shape index (κ2) is 12.7. The van der Waals surface area contributed by atoms with Crippen molar-refractivity contribution >= 4 is 29.4 Å². The van der Waals surface area contributed by atoms with Crippen LogP contribution in [0.3, 0.4) is 0 Å². The van der Waals surface area contributed by atoms with Crippen molar-refractivity contribution in [1.82, 2.24) is 15.1 Å². The molecule has 1 atom stereocenters. The van der Waals surface area contributed by atoms with Gasteiger partial charge in [0.2, 0.25) is 11.8 Å². The van der Waals surface area contributed by atoms with Crippen LogP contribution in [0.4, 0.5) is 5.82 Å². The minimum Gasteiger partial charge on any atom is -0.497 e. The second-order valence-corrected chi connectivity index (χ2v) is 11.4. The number of nitrogens with one attached hydrogen (secondary N) is 1. The largest absolute Gasteiger partial charge is 0.497 e. The zero-order valence-corrected chi connectivity index (χ0v) is 25.5. The SMILES string of the molecule is COc1ccc(OC)c([C@H]2SCC(=O)N(CC(=O)NCc3ccco3)c3c2c(-c2ccccc2)nn3-c2cccc(C)c2)c1. The molecule has 3 heterocycles. The highest BCUT2D eigenvalue weighted by Crippen LogP contribution is 2.51. The number of amides is 2. The Balaban J connectivity index is 1.57. The summed E-state index contributed by atoms with van der Waals surface area (Å²) in [4.78, 5) is 28.9. The molecule has 0 unspecified atom stereocenters. The van der Waals surface area contributed by atoms with Crippen LogP contribution in [0, 0.1) is 6.92 Å². The van der Waals surface area contributed by atoms with E-state index in [2.05, 4.69) is 5.32 Å². The molecule has 1 N–H and O–H groups in total. The van der Waals surface area contributed by atoms with Gasteiger partial charge in [0.25, 0.3) is 0 Å². The number of thioether (sulfide) groups is 1. The first-order valence-electron chi connectivity index (χ1n) is 14.1. The van der Waals surface area contributed by atoms with Crippen LogP contribution < -0.4 is 19.7 Å². The van der Waals surface area contributed by atoms with Crippen molar-refractivity contribution < 1.29 is 23.5 Å². The van der Waals surface area contributed by atoms with Crippen molar-refractivity contribution in [2.45, 2.75) is 18.7 Å². The predicted molar refractivity (Wildman–Crippen MR) is 170 cm³/mol. The van der Waals surface area contributed by atoms with Crippen molar-refractivity contribution in [2.75, 3.05) is 31.4 Å². The fourth-order valence-electron chi connectivity index (χ4n) is 5.36. The van der Waals surface area contributed by atoms with Crippen molar-refractivity contribution in [2.24, 2.45) is 0 Å². The predicted octanol–water partition coefficient (Wildman–Crippen LogP) is 5.94. The third-order valence-corrected chi connectivity index (χ3v) is 8.68. The maximum Gasteiger partial charge on any atom is 0.240 e. The van der Waals surface area contributed by atoms with Crippen LogP contribution in [0.15, 0.2) is 95.6 Å². The van der Waals surface area contributed by atoms with Gasteiger partial charge >= 0.3 is 0 Å². The monoisotopic (exact) mass is 608 g/mol. The van der Waals surface area contributed by atoms with E-state index in [0.717, 1.165) is 27.9 Å². The third-order valence-electron chi connectivity index (χ3n) is 7.44. The van der Waals surface area contributed by atoms with Gasteiger partial charge in [0, 0.05) is 16.7 Å². The van der Waals surface area contributed by atoms with E-state index >= 15 is 0 Å². The zero-order valence-electron chi connectivity index (χ0n) is 24.7. The molecule has 1 aliphatic heterocycles. The van der Waals surface area contributed by atoms with E-state index in [0.29, 0.717) is 28.8 Å². The first kappa shape index (κ1) is 29.1. The van der Waals surface area contributed by atoms with Crippen LogP contribution in [0.25, 0.3) is 16.9 Å². The van der Waals surface area contributed by atoms with E-state index in [1.165, 1.54) is 11.8 Å². The number of anilines is 1. The zero-order chi connectivity index (χ0) is 30.6. The van der Waals surface area contributed by atoms with E-state index < -0.39 is 0 Å². The number of furan rings is 1. The third kappa shape index (κ3) is 5.80. The summed E-state index contributed by atoms with van der Waals surface area (Å²) in [7, 11) is 3.25. The Hall–Kier alpha value is -4.96. The molecule has 1 aliphatic rings. The number of ether oxygens (including phenoxy) is 2. The molecule has 0 spiro atoms. The van der Waals surface area contributed by atoms with Crippen LogP contribution in [0.1, 0.15) is 27.7 Å². The Kier molecular flexibility index (Phi) is 8.42. The highest BCUT2D eigenvalue weighted by molar-refractivity contribution is 8.00. The van der Waals surface area contributed by atoms with E-state index in [9.17, 15) is 9.59 Å². The Morgan fingerprint density at radius 1 is 1.02 bits per heavy atom. The summed E-state index contributed by atoms with van der Waals surface area (Å²) in [6.07, 6.45) is 1.56. The Bertz CT molecular complexity index is 1780. The summed E-state index contributed by atoms with van der Waals surface area (Å²) >= 11 is 1.47. The lowest BCUT2D eigenvalue weighted by atomic mass is 9.98. The quantitative estimate of drug-likeness (QED) is 0.221. The maximum atomic E-state index is 14.0. The van der Waals surface area contributed by atoms with Crippen molar-refractivity contribution in [1.29, 1.82) is 0 Å². The highest BCUT2D eigenvalue weighted by atomic mass is 32.2. The second-order valence-electron chi connectivity index (χ2n) is 10.3. The molecule has 0 saturated carbocycles. The topological polar surface area (TPSA) is 98.8 Å². The van der Waals surface area contributed by atoms with Gasteiger partial charge in [-0.25, -0.2) is 4.68 Å². The van der Waals surface area contributed by atoms with Crippen LogP contribution in [-0.4, -0.2) is 48.1 Å². The summed E-state index contributed by atoms with van der Waals surface area (Å²) in [5.41, 5.74) is 5.06. The summed E-state index contributed by atoms with van der Waals surface area (Å²) in [6, 6.07) is 27.0. The van der Waals surface area contributed by atoms with Gasteiger partial charge in [0.1, 0.15) is 29.6 Å². The van der Waals surface area contributed by atoms with Crippen LogP contribution in [0.2, 0.25) is 0 Å². The number of carbonyl (C=O) groups is 2. The fraction of sp³-hybridized carbons (Fsp3) is 0.206. The lowest BCUT2D eigenvalue weighted by Gasteiger charge is -2.23. The number of rotatable bonds is 9. The Labute approximate surface area is 259 Å². The first-order valence-corrected chi connectivity index (χ1v) is 15.2. The average molecular weight is 609 g/mol. The van der Waals surface area contributed by atoms with Gasteiger partial charge in [-0.2, -0.15) is 5.10 Å². The molecule has 44 heavy (non-hydrogen) atoms. The average Bonchev–Trinajstić information content (AvgIpc) is 3.69. The minimum atomic E-state index is -0.371. The number of carbonyl (C=O) groups excluding carboxylic acids is 2. The minimum absolute atomic E-state index is 0.132. The van der Waals surface area contributed by atoms with Gasteiger partial charge in [-0.05, 0) is 55.0 Å². The Morgan fingerprint density at radius 2 is 1.86 bits per heavy atom. The van der Waals surface area contributed by atoms with Crippen molar-refractivity contribution in [3.8, 4) is 28.4 Å². The van der Waals surface area contributed by atoms with E-state index in [1.54, 1.807) is 42.2 Å². The molecule has 3 aromatic carbocycles. The molecular formula is C34H32N4O5S. The van der Waals surface area contributed by atoms with Crippen molar-refractivity contribution in [3.05, 3.63) is 114 Å². The molecule has 9 nitrogen and oxygen atoms in total. The molecule has 10 heteroatoms. The molecule has 224 valence electrons. The first-order chi connectivity index (χ1) is 21.5. The van der Waals surface area contributed by atoms with E-state index in [4.69, 9.17) is 19.0 Å². The number of hydrogen-bond donors (Lipinski definition) is 1. The number of nitrogens with zero attached hydrogens (tertiary/aromatic N) is 3. The van der Waals surface area contributed by atoms with Gasteiger partial charge in [0.15, 0.2) is 0 Å². The molecular weight excluding hydrogens is 576 g/mol. The summed E-state index contributed by atoms with van der Waals surface area (Å²) < 4.78 is 18.6. The highest BCUT2D eigenvalue weighted by Gasteiger charge is 2.38. The van der Waals surface area contributed by atoms with Crippen LogP contribution >= 0.6 is 11.8 Å². The number of benzene rings is 3. The number of methoxy groups -OCH3 is 2. The summed E-state index contributed by atoms with van der Waals surface area (Å²) in [5, 5.41) is 7.67. The molecule has 2 aromatic heterocycles. The number of hydrogen-bond acceptors (Lipinski definition) is 7. The number of aromatic nitrogens is 2.